The lowest BCUT2D eigenvalue weighted by Gasteiger charge is -2.30. The maximum absolute atomic E-state index is 12.0. The van der Waals surface area contributed by atoms with E-state index in [0.29, 0.717) is 6.42 Å². The number of ether oxygens (including phenoxy) is 2. The average Bonchev–Trinajstić information content (AvgIpc) is 2.84. The molecule has 0 amide bonds. The lowest BCUT2D eigenvalue weighted by Crippen LogP contribution is -2.46. The fourth-order valence-corrected chi connectivity index (χ4v) is 2.83. The monoisotopic (exact) mass is 341 g/mol. The summed E-state index contributed by atoms with van der Waals surface area (Å²) in [7, 11) is 1.34. The first-order valence-corrected chi connectivity index (χ1v) is 7.31. The van der Waals surface area contributed by atoms with Crippen molar-refractivity contribution in [2.45, 2.75) is 36.9 Å². The van der Waals surface area contributed by atoms with Gasteiger partial charge < -0.3 is 19.7 Å². The standard InChI is InChI=1S/C13H19N5O6/c1-23-9-10(21)13(7-19,4-2-5-15-17-14)24-11(9)18-6-3-8(20)16-12(18)22/h3,6,9-11,19,21H,2,4-5,7H2,1H3,(H,16,20,22)/t9?,10?,11-,13-/m1/s1. The number of aliphatic hydroxyl groups is 2. The summed E-state index contributed by atoms with van der Waals surface area (Å²) in [6, 6.07) is 1.14. The number of aliphatic hydroxyl groups excluding tert-OH is 2. The van der Waals surface area contributed by atoms with Crippen molar-refractivity contribution < 1.29 is 19.7 Å². The fourth-order valence-electron chi connectivity index (χ4n) is 2.83. The highest BCUT2D eigenvalue weighted by molar-refractivity contribution is 5.02. The van der Waals surface area contributed by atoms with Crippen LogP contribution in [-0.4, -0.2) is 57.8 Å². The summed E-state index contributed by atoms with van der Waals surface area (Å²) in [6.45, 7) is -0.339. The minimum Gasteiger partial charge on any atom is -0.393 e. The van der Waals surface area contributed by atoms with Crippen LogP contribution in [0.25, 0.3) is 10.4 Å². The van der Waals surface area contributed by atoms with Crippen molar-refractivity contribution in [1.29, 1.82) is 0 Å². The third kappa shape index (κ3) is 3.35. The highest BCUT2D eigenvalue weighted by Crippen LogP contribution is 2.40. The third-order valence-electron chi connectivity index (χ3n) is 4.07. The zero-order chi connectivity index (χ0) is 17.7. The second-order valence-electron chi connectivity index (χ2n) is 5.45. The Labute approximate surface area is 136 Å². The summed E-state index contributed by atoms with van der Waals surface area (Å²) in [5.74, 6) is 0. The van der Waals surface area contributed by atoms with E-state index in [4.69, 9.17) is 15.0 Å². The molecule has 11 heteroatoms. The van der Waals surface area contributed by atoms with Crippen molar-refractivity contribution in [3.8, 4) is 0 Å². The van der Waals surface area contributed by atoms with Crippen molar-refractivity contribution in [2.75, 3.05) is 20.3 Å². The summed E-state index contributed by atoms with van der Waals surface area (Å²) in [5, 5.41) is 23.7. The third-order valence-corrected chi connectivity index (χ3v) is 4.07. The van der Waals surface area contributed by atoms with Gasteiger partial charge in [0.15, 0.2) is 6.23 Å². The molecule has 1 aromatic rings. The summed E-state index contributed by atoms with van der Waals surface area (Å²) in [6.07, 6.45) is -1.38. The number of rotatable bonds is 7. The summed E-state index contributed by atoms with van der Waals surface area (Å²) >= 11 is 0. The zero-order valence-electron chi connectivity index (χ0n) is 13.0. The molecule has 2 rings (SSSR count). The minimum atomic E-state index is -1.37. The maximum Gasteiger partial charge on any atom is 0.330 e. The van der Waals surface area contributed by atoms with Gasteiger partial charge in [-0.05, 0) is 18.4 Å². The normalized spacial score (nSPS) is 29.4. The first kappa shape index (κ1) is 18.2. The summed E-state index contributed by atoms with van der Waals surface area (Å²) < 4.78 is 12.1. The Bertz CT molecular complexity index is 726. The van der Waals surface area contributed by atoms with Crippen LogP contribution in [-0.2, 0) is 9.47 Å². The van der Waals surface area contributed by atoms with Gasteiger partial charge >= 0.3 is 5.69 Å². The number of aromatic amines is 1. The van der Waals surface area contributed by atoms with Gasteiger partial charge in [-0.25, -0.2) is 4.79 Å². The quantitative estimate of drug-likeness (QED) is 0.256. The van der Waals surface area contributed by atoms with Crippen molar-refractivity contribution >= 4 is 0 Å². The second-order valence-corrected chi connectivity index (χ2v) is 5.45. The number of aromatic nitrogens is 2. The molecule has 1 aliphatic rings. The number of hydrogen-bond donors (Lipinski definition) is 3. The number of methoxy groups -OCH3 is 1. The highest BCUT2D eigenvalue weighted by Gasteiger charge is 2.55. The number of H-pyrrole nitrogens is 1. The number of azide groups is 1. The average molecular weight is 341 g/mol. The predicted octanol–water partition coefficient (Wildman–Crippen LogP) is -0.737. The van der Waals surface area contributed by atoms with Crippen LogP contribution in [0.5, 0.6) is 0 Å². The minimum absolute atomic E-state index is 0.176. The van der Waals surface area contributed by atoms with E-state index < -0.39 is 41.9 Å². The number of nitrogens with one attached hydrogen (secondary N) is 1. The molecule has 3 N–H and O–H groups in total. The van der Waals surface area contributed by atoms with Crippen LogP contribution in [0, 0.1) is 0 Å². The van der Waals surface area contributed by atoms with Gasteiger partial charge in [-0.2, -0.15) is 0 Å². The highest BCUT2D eigenvalue weighted by atomic mass is 16.6. The van der Waals surface area contributed by atoms with Gasteiger partial charge in [0, 0.05) is 30.8 Å². The van der Waals surface area contributed by atoms with Crippen LogP contribution in [0.4, 0.5) is 0 Å². The molecule has 1 saturated heterocycles. The Morgan fingerprint density at radius 3 is 2.92 bits per heavy atom. The van der Waals surface area contributed by atoms with Crippen LogP contribution in [0.1, 0.15) is 19.1 Å². The van der Waals surface area contributed by atoms with E-state index in [1.54, 1.807) is 0 Å². The molecule has 0 saturated carbocycles. The Balaban J connectivity index is 2.31. The molecule has 1 aromatic heterocycles. The number of nitrogens with zero attached hydrogens (tertiary/aromatic N) is 4. The molecule has 1 fully saturated rings. The summed E-state index contributed by atoms with van der Waals surface area (Å²) in [4.78, 5) is 27.9. The van der Waals surface area contributed by atoms with Crippen LogP contribution in [0.3, 0.4) is 0 Å². The topological polar surface area (TPSA) is 163 Å². The zero-order valence-corrected chi connectivity index (χ0v) is 13.0. The largest absolute Gasteiger partial charge is 0.393 e. The van der Waals surface area contributed by atoms with Crippen molar-refractivity contribution in [1.82, 2.24) is 9.55 Å². The van der Waals surface area contributed by atoms with Gasteiger partial charge in [-0.15, -0.1) is 0 Å². The van der Waals surface area contributed by atoms with E-state index in [1.165, 1.54) is 13.3 Å². The Morgan fingerprint density at radius 1 is 1.58 bits per heavy atom. The molecule has 132 valence electrons. The molecule has 24 heavy (non-hydrogen) atoms. The predicted molar refractivity (Wildman–Crippen MR) is 81.3 cm³/mol. The van der Waals surface area contributed by atoms with E-state index in [-0.39, 0.29) is 13.0 Å². The van der Waals surface area contributed by atoms with Crippen molar-refractivity contribution in [2.24, 2.45) is 5.11 Å². The molecule has 0 bridgehead atoms. The van der Waals surface area contributed by atoms with Crippen molar-refractivity contribution in [3.05, 3.63) is 43.5 Å². The molecular weight excluding hydrogens is 322 g/mol. The summed E-state index contributed by atoms with van der Waals surface area (Å²) in [5.41, 5.74) is 5.65. The first-order chi connectivity index (χ1) is 11.5. The molecule has 1 aliphatic heterocycles. The molecule has 4 atom stereocenters. The van der Waals surface area contributed by atoms with Crippen LogP contribution < -0.4 is 11.2 Å². The Kier molecular flexibility index (Phi) is 5.75. The smallest absolute Gasteiger partial charge is 0.330 e. The van der Waals surface area contributed by atoms with E-state index in [0.717, 1.165) is 10.6 Å². The lowest BCUT2D eigenvalue weighted by atomic mass is 9.91. The SMILES string of the molecule is COC1C(O)[C@](CO)(CCCN=[N+]=[N-])O[C@H]1n1ccc(=O)[nH]c1=O. The van der Waals surface area contributed by atoms with E-state index in [2.05, 4.69) is 15.0 Å². The molecule has 0 radical (unpaired) electrons. The fraction of sp³-hybridized carbons (Fsp3) is 0.692. The van der Waals surface area contributed by atoms with Gasteiger partial charge in [0.25, 0.3) is 5.56 Å². The molecule has 2 heterocycles. The first-order valence-electron chi connectivity index (χ1n) is 7.31. The number of hydrogen-bond acceptors (Lipinski definition) is 7. The van der Waals surface area contributed by atoms with Crippen molar-refractivity contribution in [3.63, 3.8) is 0 Å². The molecular formula is C13H19N5O6. The van der Waals surface area contributed by atoms with Crippen LogP contribution in [0.15, 0.2) is 27.0 Å². The van der Waals surface area contributed by atoms with Gasteiger partial charge in [0.1, 0.15) is 17.8 Å². The molecule has 0 aliphatic carbocycles. The Hall–Kier alpha value is -2.17. The maximum atomic E-state index is 12.0. The van der Waals surface area contributed by atoms with E-state index in [9.17, 15) is 19.8 Å². The molecule has 0 spiro atoms. The van der Waals surface area contributed by atoms with Crippen LogP contribution in [0.2, 0.25) is 0 Å². The van der Waals surface area contributed by atoms with Gasteiger partial charge in [0.05, 0.1) is 6.61 Å². The van der Waals surface area contributed by atoms with Crippen LogP contribution >= 0.6 is 0 Å². The van der Waals surface area contributed by atoms with Gasteiger partial charge in [-0.1, -0.05) is 5.11 Å². The van der Waals surface area contributed by atoms with E-state index in [1.807, 2.05) is 0 Å². The molecule has 11 nitrogen and oxygen atoms in total. The van der Waals surface area contributed by atoms with Gasteiger partial charge in [0.2, 0.25) is 0 Å². The van der Waals surface area contributed by atoms with E-state index >= 15 is 0 Å². The second kappa shape index (κ2) is 7.60. The lowest BCUT2D eigenvalue weighted by molar-refractivity contribution is -0.133. The molecule has 2 unspecified atom stereocenters. The Morgan fingerprint density at radius 2 is 2.33 bits per heavy atom. The van der Waals surface area contributed by atoms with Gasteiger partial charge in [-0.3, -0.25) is 14.3 Å². The molecule has 0 aromatic carbocycles.